The first-order chi connectivity index (χ1) is 9.83. The van der Waals surface area contributed by atoms with Crippen LogP contribution in [0.5, 0.6) is 0 Å². The van der Waals surface area contributed by atoms with Gasteiger partial charge >= 0.3 is 0 Å². The number of para-hydroxylation sites is 1. The summed E-state index contributed by atoms with van der Waals surface area (Å²) < 4.78 is 0. The lowest BCUT2D eigenvalue weighted by atomic mass is 9.86. The van der Waals surface area contributed by atoms with E-state index in [0.29, 0.717) is 5.92 Å². The maximum Gasteiger partial charge on any atom is 0.0580 e. The molecule has 2 aliphatic rings. The fourth-order valence-electron chi connectivity index (χ4n) is 3.56. The molecule has 0 spiro atoms. The van der Waals surface area contributed by atoms with Crippen molar-refractivity contribution >= 4 is 5.69 Å². The standard InChI is InChI=1S/C17H26N2O/c20-17-9-5-4-6-15(17)14-18-10-12-19(13-11-18)16-7-2-1-3-8-16/h1-3,7-8,15,17,20H,4-6,9-14H2/t15-,17+/m0/s1. The molecule has 3 heteroatoms. The zero-order valence-electron chi connectivity index (χ0n) is 12.2. The average molecular weight is 274 g/mol. The molecule has 110 valence electrons. The van der Waals surface area contributed by atoms with E-state index in [-0.39, 0.29) is 6.10 Å². The zero-order chi connectivity index (χ0) is 13.8. The van der Waals surface area contributed by atoms with E-state index in [4.69, 9.17) is 0 Å². The maximum absolute atomic E-state index is 10.1. The summed E-state index contributed by atoms with van der Waals surface area (Å²) in [6.07, 6.45) is 4.66. The molecule has 1 aromatic carbocycles. The number of hydrogen-bond acceptors (Lipinski definition) is 3. The summed E-state index contributed by atoms with van der Waals surface area (Å²) in [5.41, 5.74) is 1.34. The van der Waals surface area contributed by atoms with Gasteiger partial charge in [-0.3, -0.25) is 4.90 Å². The number of piperazine rings is 1. The average Bonchev–Trinajstić information content (AvgIpc) is 2.51. The smallest absolute Gasteiger partial charge is 0.0580 e. The van der Waals surface area contributed by atoms with Gasteiger partial charge in [-0.15, -0.1) is 0 Å². The van der Waals surface area contributed by atoms with Crippen LogP contribution in [0.2, 0.25) is 0 Å². The molecule has 1 saturated carbocycles. The molecule has 2 atom stereocenters. The van der Waals surface area contributed by atoms with E-state index >= 15 is 0 Å². The summed E-state index contributed by atoms with van der Waals surface area (Å²) in [5, 5.41) is 10.1. The lowest BCUT2D eigenvalue weighted by molar-refractivity contribution is 0.0453. The second-order valence-corrected chi connectivity index (χ2v) is 6.24. The van der Waals surface area contributed by atoms with Crippen LogP contribution in [0.1, 0.15) is 25.7 Å². The highest BCUT2D eigenvalue weighted by molar-refractivity contribution is 5.46. The third kappa shape index (κ3) is 3.33. The minimum Gasteiger partial charge on any atom is -0.393 e. The second kappa shape index (κ2) is 6.59. The zero-order valence-corrected chi connectivity index (χ0v) is 12.2. The third-order valence-corrected chi connectivity index (χ3v) is 4.86. The van der Waals surface area contributed by atoms with E-state index < -0.39 is 0 Å². The lowest BCUT2D eigenvalue weighted by Crippen LogP contribution is -2.49. The van der Waals surface area contributed by atoms with Crippen LogP contribution in [-0.2, 0) is 0 Å². The molecule has 1 saturated heterocycles. The van der Waals surface area contributed by atoms with Gasteiger partial charge in [-0.1, -0.05) is 31.0 Å². The van der Waals surface area contributed by atoms with E-state index in [1.165, 1.54) is 24.9 Å². The molecule has 1 aliphatic carbocycles. The van der Waals surface area contributed by atoms with Gasteiger partial charge in [0.25, 0.3) is 0 Å². The molecule has 1 heterocycles. The van der Waals surface area contributed by atoms with Crippen molar-refractivity contribution in [3.63, 3.8) is 0 Å². The summed E-state index contributed by atoms with van der Waals surface area (Å²) in [6, 6.07) is 10.7. The van der Waals surface area contributed by atoms with Crippen molar-refractivity contribution in [2.75, 3.05) is 37.6 Å². The van der Waals surface area contributed by atoms with Crippen molar-refractivity contribution in [1.29, 1.82) is 0 Å². The SMILES string of the molecule is O[C@@H]1CCCC[C@H]1CN1CCN(c2ccccc2)CC1. The molecule has 1 aliphatic heterocycles. The number of aliphatic hydroxyl groups excluding tert-OH is 1. The molecule has 3 rings (SSSR count). The topological polar surface area (TPSA) is 26.7 Å². The van der Waals surface area contributed by atoms with Gasteiger partial charge in [-0.05, 0) is 30.9 Å². The molecule has 20 heavy (non-hydrogen) atoms. The van der Waals surface area contributed by atoms with Gasteiger partial charge in [0.15, 0.2) is 0 Å². The van der Waals surface area contributed by atoms with E-state index in [0.717, 1.165) is 39.1 Å². The van der Waals surface area contributed by atoms with Crippen molar-refractivity contribution in [2.24, 2.45) is 5.92 Å². The minimum absolute atomic E-state index is 0.0593. The Morgan fingerprint density at radius 2 is 1.65 bits per heavy atom. The highest BCUT2D eigenvalue weighted by atomic mass is 16.3. The molecule has 0 aromatic heterocycles. The van der Waals surface area contributed by atoms with Crippen LogP contribution in [0, 0.1) is 5.92 Å². The Bertz CT molecular complexity index is 401. The minimum atomic E-state index is -0.0593. The van der Waals surface area contributed by atoms with Crippen molar-refractivity contribution < 1.29 is 5.11 Å². The molecule has 0 bridgehead atoms. The molecule has 1 N–H and O–H groups in total. The predicted octanol–water partition coefficient (Wildman–Crippen LogP) is 2.36. The van der Waals surface area contributed by atoms with Crippen LogP contribution in [0.4, 0.5) is 5.69 Å². The quantitative estimate of drug-likeness (QED) is 0.916. The van der Waals surface area contributed by atoms with Crippen molar-refractivity contribution in [1.82, 2.24) is 4.90 Å². The molecule has 3 nitrogen and oxygen atoms in total. The summed E-state index contributed by atoms with van der Waals surface area (Å²) in [5.74, 6) is 0.507. The first-order valence-electron chi connectivity index (χ1n) is 8.03. The van der Waals surface area contributed by atoms with E-state index in [9.17, 15) is 5.11 Å². The Kier molecular flexibility index (Phi) is 4.58. The highest BCUT2D eigenvalue weighted by Crippen LogP contribution is 2.26. The van der Waals surface area contributed by atoms with Crippen LogP contribution in [-0.4, -0.2) is 48.8 Å². The van der Waals surface area contributed by atoms with Crippen LogP contribution < -0.4 is 4.90 Å². The van der Waals surface area contributed by atoms with Gasteiger partial charge in [0.1, 0.15) is 0 Å². The molecule has 2 fully saturated rings. The second-order valence-electron chi connectivity index (χ2n) is 6.24. The van der Waals surface area contributed by atoms with Crippen LogP contribution >= 0.6 is 0 Å². The van der Waals surface area contributed by atoms with Crippen molar-refractivity contribution in [3.8, 4) is 0 Å². The Labute approximate surface area is 122 Å². The molecule has 0 amide bonds. The molecule has 0 unspecified atom stereocenters. The van der Waals surface area contributed by atoms with Gasteiger partial charge in [0.2, 0.25) is 0 Å². The normalized spacial score (nSPS) is 28.6. The van der Waals surface area contributed by atoms with Crippen molar-refractivity contribution in [3.05, 3.63) is 30.3 Å². The number of rotatable bonds is 3. The molecule has 0 radical (unpaired) electrons. The van der Waals surface area contributed by atoms with Crippen LogP contribution in [0.25, 0.3) is 0 Å². The van der Waals surface area contributed by atoms with Crippen molar-refractivity contribution in [2.45, 2.75) is 31.8 Å². The Balaban J connectivity index is 1.49. The van der Waals surface area contributed by atoms with Gasteiger partial charge in [-0.25, -0.2) is 0 Å². The van der Waals surface area contributed by atoms with E-state index in [1.807, 2.05) is 0 Å². The van der Waals surface area contributed by atoms with Gasteiger partial charge in [0, 0.05) is 38.4 Å². The number of hydrogen-bond donors (Lipinski definition) is 1. The van der Waals surface area contributed by atoms with E-state index in [2.05, 4.69) is 40.1 Å². The number of nitrogens with zero attached hydrogens (tertiary/aromatic N) is 2. The Morgan fingerprint density at radius 3 is 2.35 bits per heavy atom. The fourth-order valence-corrected chi connectivity index (χ4v) is 3.56. The molecular weight excluding hydrogens is 248 g/mol. The largest absolute Gasteiger partial charge is 0.393 e. The summed E-state index contributed by atoms with van der Waals surface area (Å²) in [6.45, 7) is 5.54. The van der Waals surface area contributed by atoms with E-state index in [1.54, 1.807) is 0 Å². The summed E-state index contributed by atoms with van der Waals surface area (Å²) in [4.78, 5) is 5.01. The fraction of sp³-hybridized carbons (Fsp3) is 0.647. The lowest BCUT2D eigenvalue weighted by Gasteiger charge is -2.39. The summed E-state index contributed by atoms with van der Waals surface area (Å²) in [7, 11) is 0. The summed E-state index contributed by atoms with van der Waals surface area (Å²) >= 11 is 0. The Hall–Kier alpha value is -1.06. The first-order valence-corrected chi connectivity index (χ1v) is 8.03. The number of aliphatic hydroxyl groups is 1. The number of benzene rings is 1. The van der Waals surface area contributed by atoms with Crippen LogP contribution in [0.15, 0.2) is 30.3 Å². The van der Waals surface area contributed by atoms with Gasteiger partial charge in [0.05, 0.1) is 6.10 Å². The molecular formula is C17H26N2O. The predicted molar refractivity (Wildman–Crippen MR) is 83.1 cm³/mol. The highest BCUT2D eigenvalue weighted by Gasteiger charge is 2.26. The Morgan fingerprint density at radius 1 is 0.950 bits per heavy atom. The van der Waals surface area contributed by atoms with Crippen LogP contribution in [0.3, 0.4) is 0 Å². The maximum atomic E-state index is 10.1. The number of anilines is 1. The first kappa shape index (κ1) is 13.9. The van der Waals surface area contributed by atoms with Gasteiger partial charge in [-0.2, -0.15) is 0 Å². The van der Waals surface area contributed by atoms with Gasteiger partial charge < -0.3 is 10.0 Å². The molecule has 1 aromatic rings. The monoisotopic (exact) mass is 274 g/mol. The third-order valence-electron chi connectivity index (χ3n) is 4.86.